The number of Topliss-reactive ketones (excluding diaryl/α,β-unsaturated/α-hetero) is 1. The van der Waals surface area contributed by atoms with Crippen molar-refractivity contribution >= 4 is 5.78 Å². The second kappa shape index (κ2) is 7.90. The SMILES string of the molecule is CC.CCCCC1([C@H]2CCCCC2=O)OCCO1. The smallest absolute Gasteiger partial charge is 0.178 e. The normalized spacial score (nSPS) is 26.6. The highest BCUT2D eigenvalue weighted by Gasteiger charge is 2.47. The van der Waals surface area contributed by atoms with Crippen molar-refractivity contribution in [2.24, 2.45) is 5.92 Å². The Morgan fingerprint density at radius 3 is 2.44 bits per heavy atom. The van der Waals surface area contributed by atoms with E-state index in [4.69, 9.17) is 9.47 Å². The third kappa shape index (κ3) is 3.55. The molecule has 2 aliphatic rings. The summed E-state index contributed by atoms with van der Waals surface area (Å²) in [7, 11) is 0. The summed E-state index contributed by atoms with van der Waals surface area (Å²) in [5.41, 5.74) is 0. The molecule has 1 saturated heterocycles. The highest BCUT2D eigenvalue weighted by Crippen LogP contribution is 2.39. The molecule has 2 rings (SSSR count). The predicted octanol–water partition coefficient (Wildman–Crippen LogP) is 3.71. The Morgan fingerprint density at radius 2 is 1.89 bits per heavy atom. The molecule has 3 nitrogen and oxygen atoms in total. The summed E-state index contributed by atoms with van der Waals surface area (Å²) in [5, 5.41) is 0. The van der Waals surface area contributed by atoms with E-state index in [1.165, 1.54) is 0 Å². The quantitative estimate of drug-likeness (QED) is 0.769. The van der Waals surface area contributed by atoms with E-state index in [0.717, 1.165) is 38.5 Å². The maximum atomic E-state index is 12.0. The zero-order chi connectivity index (χ0) is 13.4. The van der Waals surface area contributed by atoms with Gasteiger partial charge >= 0.3 is 0 Å². The molecule has 3 heteroatoms. The first-order valence-electron chi connectivity index (χ1n) is 7.59. The van der Waals surface area contributed by atoms with E-state index < -0.39 is 5.79 Å². The lowest BCUT2D eigenvalue weighted by Gasteiger charge is -2.36. The summed E-state index contributed by atoms with van der Waals surface area (Å²) < 4.78 is 11.6. The van der Waals surface area contributed by atoms with E-state index in [-0.39, 0.29) is 5.92 Å². The molecule has 1 saturated carbocycles. The predicted molar refractivity (Wildman–Crippen MR) is 72.5 cm³/mol. The van der Waals surface area contributed by atoms with E-state index in [0.29, 0.717) is 25.4 Å². The van der Waals surface area contributed by atoms with Crippen LogP contribution in [0.15, 0.2) is 0 Å². The molecule has 0 N–H and O–H groups in total. The third-order valence-electron chi connectivity index (χ3n) is 3.74. The van der Waals surface area contributed by atoms with Gasteiger partial charge in [-0.05, 0) is 19.3 Å². The number of rotatable bonds is 4. The minimum atomic E-state index is -0.562. The average Bonchev–Trinajstić information content (AvgIpc) is 2.89. The molecule has 0 amide bonds. The maximum Gasteiger partial charge on any atom is 0.178 e. The molecule has 0 radical (unpaired) electrons. The topological polar surface area (TPSA) is 35.5 Å². The fourth-order valence-corrected chi connectivity index (χ4v) is 2.86. The lowest BCUT2D eigenvalue weighted by molar-refractivity contribution is -0.205. The molecule has 0 spiro atoms. The van der Waals surface area contributed by atoms with Crippen molar-refractivity contribution in [2.75, 3.05) is 13.2 Å². The summed E-state index contributed by atoms with van der Waals surface area (Å²) in [5.74, 6) is -0.215. The molecule has 1 aliphatic carbocycles. The van der Waals surface area contributed by atoms with Gasteiger partial charge < -0.3 is 9.47 Å². The van der Waals surface area contributed by atoms with Gasteiger partial charge in [-0.15, -0.1) is 0 Å². The molecule has 1 aliphatic heterocycles. The molecule has 106 valence electrons. The van der Waals surface area contributed by atoms with Gasteiger partial charge in [0.25, 0.3) is 0 Å². The molecular formula is C15H28O3. The van der Waals surface area contributed by atoms with Gasteiger partial charge in [0.15, 0.2) is 5.79 Å². The highest BCUT2D eigenvalue weighted by molar-refractivity contribution is 5.82. The van der Waals surface area contributed by atoms with E-state index in [1.54, 1.807) is 0 Å². The molecule has 18 heavy (non-hydrogen) atoms. The minimum Gasteiger partial charge on any atom is -0.347 e. The van der Waals surface area contributed by atoms with Gasteiger partial charge in [-0.2, -0.15) is 0 Å². The lowest BCUT2D eigenvalue weighted by atomic mass is 9.80. The number of ketones is 1. The van der Waals surface area contributed by atoms with Gasteiger partial charge in [-0.3, -0.25) is 4.79 Å². The van der Waals surface area contributed by atoms with Gasteiger partial charge in [-0.25, -0.2) is 0 Å². The molecule has 1 atom stereocenters. The van der Waals surface area contributed by atoms with Crippen molar-refractivity contribution in [3.63, 3.8) is 0 Å². The van der Waals surface area contributed by atoms with Gasteiger partial charge in [-0.1, -0.05) is 33.6 Å². The second-order valence-electron chi connectivity index (χ2n) is 4.88. The molecule has 0 aromatic carbocycles. The number of carbonyl (C=O) groups is 1. The average molecular weight is 256 g/mol. The van der Waals surface area contributed by atoms with Crippen molar-refractivity contribution in [1.82, 2.24) is 0 Å². The third-order valence-corrected chi connectivity index (χ3v) is 3.74. The minimum absolute atomic E-state index is 0.00435. The van der Waals surface area contributed by atoms with Crippen LogP contribution in [0.3, 0.4) is 0 Å². The molecule has 0 aromatic heterocycles. The molecule has 1 heterocycles. The van der Waals surface area contributed by atoms with Crippen LogP contribution in [0.5, 0.6) is 0 Å². The maximum absolute atomic E-state index is 12.0. The molecule has 2 fully saturated rings. The highest BCUT2D eigenvalue weighted by atomic mass is 16.7. The van der Waals surface area contributed by atoms with Crippen LogP contribution in [0.4, 0.5) is 0 Å². The van der Waals surface area contributed by atoms with Gasteiger partial charge in [0.2, 0.25) is 0 Å². The van der Waals surface area contributed by atoms with Crippen LogP contribution in [0.25, 0.3) is 0 Å². The van der Waals surface area contributed by atoms with Crippen LogP contribution in [0.1, 0.15) is 65.7 Å². The summed E-state index contributed by atoms with van der Waals surface area (Å²) in [4.78, 5) is 12.0. The second-order valence-corrected chi connectivity index (χ2v) is 4.88. The molecule has 0 bridgehead atoms. The Hall–Kier alpha value is -0.410. The lowest BCUT2D eigenvalue weighted by Crippen LogP contribution is -2.44. The van der Waals surface area contributed by atoms with Crippen molar-refractivity contribution in [1.29, 1.82) is 0 Å². The Labute approximate surface area is 111 Å². The summed E-state index contributed by atoms with van der Waals surface area (Å²) in [6.45, 7) is 7.45. The van der Waals surface area contributed by atoms with Crippen LogP contribution in [0.2, 0.25) is 0 Å². The summed E-state index contributed by atoms with van der Waals surface area (Å²) in [6, 6.07) is 0. The van der Waals surface area contributed by atoms with Crippen molar-refractivity contribution < 1.29 is 14.3 Å². The fraction of sp³-hybridized carbons (Fsp3) is 0.933. The standard InChI is InChI=1S/C13H22O3.C2H6/c1-2-3-8-13(15-9-10-16-13)11-6-4-5-7-12(11)14;1-2/h11H,2-10H2,1H3;1-2H3/t11-;/m0./s1. The van der Waals surface area contributed by atoms with Crippen LogP contribution >= 0.6 is 0 Å². The van der Waals surface area contributed by atoms with E-state index in [2.05, 4.69) is 6.92 Å². The van der Waals surface area contributed by atoms with E-state index in [1.807, 2.05) is 13.8 Å². The zero-order valence-electron chi connectivity index (χ0n) is 12.2. The first kappa shape index (κ1) is 15.6. The number of hydrogen-bond acceptors (Lipinski definition) is 3. The van der Waals surface area contributed by atoms with Crippen LogP contribution in [-0.4, -0.2) is 24.8 Å². The van der Waals surface area contributed by atoms with Crippen molar-refractivity contribution in [3.8, 4) is 0 Å². The van der Waals surface area contributed by atoms with Crippen LogP contribution < -0.4 is 0 Å². The monoisotopic (exact) mass is 256 g/mol. The Kier molecular flexibility index (Phi) is 6.87. The van der Waals surface area contributed by atoms with Crippen LogP contribution in [-0.2, 0) is 14.3 Å². The Balaban J connectivity index is 0.000000771. The van der Waals surface area contributed by atoms with Gasteiger partial charge in [0.1, 0.15) is 5.78 Å². The first-order chi connectivity index (χ1) is 8.78. The number of unbranched alkanes of at least 4 members (excludes halogenated alkanes) is 1. The van der Waals surface area contributed by atoms with E-state index >= 15 is 0 Å². The zero-order valence-corrected chi connectivity index (χ0v) is 12.2. The van der Waals surface area contributed by atoms with E-state index in [9.17, 15) is 4.79 Å². The van der Waals surface area contributed by atoms with Gasteiger partial charge in [0.05, 0.1) is 19.1 Å². The Bertz CT molecular complexity index is 244. The fourth-order valence-electron chi connectivity index (χ4n) is 2.86. The van der Waals surface area contributed by atoms with Gasteiger partial charge in [0, 0.05) is 12.8 Å². The number of ether oxygens (including phenoxy) is 2. The van der Waals surface area contributed by atoms with Crippen LogP contribution in [0, 0.1) is 5.92 Å². The molecular weight excluding hydrogens is 228 g/mol. The van der Waals surface area contributed by atoms with Crippen molar-refractivity contribution in [2.45, 2.75) is 71.5 Å². The summed E-state index contributed by atoms with van der Waals surface area (Å²) in [6.07, 6.45) is 6.91. The Morgan fingerprint density at radius 1 is 1.22 bits per heavy atom. The molecule has 0 unspecified atom stereocenters. The largest absolute Gasteiger partial charge is 0.347 e. The number of carbonyl (C=O) groups excluding carboxylic acids is 1. The first-order valence-corrected chi connectivity index (χ1v) is 7.59. The molecule has 0 aromatic rings. The number of hydrogen-bond donors (Lipinski definition) is 0. The summed E-state index contributed by atoms with van der Waals surface area (Å²) >= 11 is 0. The van der Waals surface area contributed by atoms with Crippen molar-refractivity contribution in [3.05, 3.63) is 0 Å².